The first-order valence-corrected chi connectivity index (χ1v) is 17.4. The Morgan fingerprint density at radius 2 is 2.09 bits per heavy atom. The van der Waals surface area contributed by atoms with Gasteiger partial charge in [-0.2, -0.15) is 0 Å². The quantitative estimate of drug-likeness (QED) is 0.178. The van der Waals surface area contributed by atoms with Crippen molar-refractivity contribution in [2.24, 2.45) is 0 Å². The number of H-pyrrole nitrogens is 1. The number of phenols is 1. The van der Waals surface area contributed by atoms with Crippen LogP contribution >= 0.6 is 22.7 Å². The van der Waals surface area contributed by atoms with Crippen LogP contribution in [0.15, 0.2) is 40.5 Å². The fourth-order valence-electron chi connectivity index (χ4n) is 6.31. The van der Waals surface area contributed by atoms with Crippen LogP contribution in [0.4, 0.5) is 4.39 Å². The molecule has 0 radical (unpaired) electrons. The number of carbonyl (C=O) groups excluding carboxylic acids is 1. The van der Waals surface area contributed by atoms with Gasteiger partial charge in [-0.3, -0.25) is 14.5 Å². The summed E-state index contributed by atoms with van der Waals surface area (Å²) in [6.07, 6.45) is 2.18. The molecule has 2 aliphatic heterocycles. The van der Waals surface area contributed by atoms with Crippen LogP contribution in [0, 0.1) is 5.82 Å². The number of phenolic OH excluding ortho intramolecular Hbond substituents is 1. The van der Waals surface area contributed by atoms with E-state index in [4.69, 9.17) is 4.74 Å². The number of ether oxygens (including phenoxy) is 1. The number of hydrogen-bond acceptors (Lipinski definition) is 10. The number of aromatic hydroxyl groups is 1. The minimum Gasteiger partial charge on any atom is -0.506 e. The van der Waals surface area contributed by atoms with E-state index in [0.717, 1.165) is 47.7 Å². The molecule has 4 aromatic rings. The molecule has 2 aromatic heterocycles. The minimum absolute atomic E-state index is 0.0206. The maximum atomic E-state index is 14.7. The predicted octanol–water partition coefficient (Wildman–Crippen LogP) is 4.73. The number of aliphatic hydroxyl groups excluding tert-OH is 1. The Balaban J connectivity index is 0.989. The van der Waals surface area contributed by atoms with E-state index in [-0.39, 0.29) is 34.5 Å². The molecule has 13 heteroatoms. The first-order valence-electron chi connectivity index (χ1n) is 15.7. The summed E-state index contributed by atoms with van der Waals surface area (Å²) in [6.45, 7) is 8.01. The van der Waals surface area contributed by atoms with E-state index in [9.17, 15) is 24.2 Å². The number of hydrogen-bond donors (Lipinski definition) is 4. The fourth-order valence-corrected chi connectivity index (χ4v) is 8.03. The summed E-state index contributed by atoms with van der Waals surface area (Å²) in [5, 5.41) is 26.8. The van der Waals surface area contributed by atoms with Crippen molar-refractivity contribution in [3.05, 3.63) is 78.6 Å². The van der Waals surface area contributed by atoms with Crippen LogP contribution < -0.4 is 10.2 Å². The highest BCUT2D eigenvalue weighted by Crippen LogP contribution is 2.34. The molecule has 4 heterocycles. The van der Waals surface area contributed by atoms with Gasteiger partial charge in [0.15, 0.2) is 0 Å². The summed E-state index contributed by atoms with van der Waals surface area (Å²) in [6, 6.07) is 8.25. The van der Waals surface area contributed by atoms with E-state index < -0.39 is 6.10 Å². The normalized spacial score (nSPS) is 19.8. The summed E-state index contributed by atoms with van der Waals surface area (Å²) in [5.41, 5.74) is 2.63. The van der Waals surface area contributed by atoms with Crippen molar-refractivity contribution in [1.29, 1.82) is 0 Å². The molecule has 246 valence electrons. The number of nitrogens with zero attached hydrogens (tertiary/aromatic N) is 3. The SMILES string of the molecule is CC(C)c1nc(C(=O)N2CCCC3(CCN(Cc4ccc(F)c(CCNCC(O)c5ccc(O)c6[nH]c(=O)sc56)c4)CO3)C2)cs1. The number of likely N-dealkylation sites (tertiary alicyclic amines) is 1. The van der Waals surface area contributed by atoms with Crippen molar-refractivity contribution in [2.45, 2.75) is 63.7 Å². The number of aliphatic hydroxyl groups is 1. The van der Waals surface area contributed by atoms with Crippen molar-refractivity contribution in [3.8, 4) is 5.75 Å². The van der Waals surface area contributed by atoms with Gasteiger partial charge in [0.1, 0.15) is 29.5 Å². The average molecular weight is 670 g/mol. The molecule has 0 bridgehead atoms. The highest BCUT2D eigenvalue weighted by atomic mass is 32.1. The van der Waals surface area contributed by atoms with Crippen LogP contribution in [0.2, 0.25) is 0 Å². The number of benzene rings is 2. The summed E-state index contributed by atoms with van der Waals surface area (Å²) >= 11 is 2.48. The molecular weight excluding hydrogens is 630 g/mol. The Hall–Kier alpha value is -3.20. The molecule has 2 atom stereocenters. The molecule has 10 nitrogen and oxygen atoms in total. The first kappa shape index (κ1) is 32.7. The number of aromatic nitrogens is 2. The van der Waals surface area contributed by atoms with Gasteiger partial charge in [0.25, 0.3) is 5.91 Å². The Morgan fingerprint density at radius 3 is 2.85 bits per heavy atom. The molecule has 46 heavy (non-hydrogen) atoms. The van der Waals surface area contributed by atoms with Crippen molar-refractivity contribution in [1.82, 2.24) is 25.1 Å². The molecular formula is C33H40FN5O5S2. The summed E-state index contributed by atoms with van der Waals surface area (Å²) in [4.78, 5) is 36.0. The number of halogens is 1. The van der Waals surface area contributed by atoms with E-state index in [0.29, 0.717) is 72.3 Å². The van der Waals surface area contributed by atoms with Crippen LogP contribution in [0.5, 0.6) is 5.75 Å². The van der Waals surface area contributed by atoms with Gasteiger partial charge in [-0.05, 0) is 55.5 Å². The first-order chi connectivity index (χ1) is 22.1. The van der Waals surface area contributed by atoms with Gasteiger partial charge in [0.05, 0.1) is 28.0 Å². The summed E-state index contributed by atoms with van der Waals surface area (Å²) < 4.78 is 21.7. The topological polar surface area (TPSA) is 131 Å². The van der Waals surface area contributed by atoms with Gasteiger partial charge >= 0.3 is 4.87 Å². The zero-order valence-corrected chi connectivity index (χ0v) is 27.7. The Labute approximate surface area is 274 Å². The molecule has 0 saturated carbocycles. The van der Waals surface area contributed by atoms with Crippen LogP contribution in [0.1, 0.15) is 77.3 Å². The van der Waals surface area contributed by atoms with E-state index in [2.05, 4.69) is 34.0 Å². The Morgan fingerprint density at radius 1 is 1.24 bits per heavy atom. The molecule has 2 unspecified atom stereocenters. The zero-order valence-electron chi connectivity index (χ0n) is 26.1. The molecule has 1 spiro atoms. The minimum atomic E-state index is -0.896. The van der Waals surface area contributed by atoms with Crippen LogP contribution in [0.3, 0.4) is 0 Å². The lowest BCUT2D eigenvalue weighted by Crippen LogP contribution is -2.56. The molecule has 2 aromatic carbocycles. The summed E-state index contributed by atoms with van der Waals surface area (Å²) in [7, 11) is 0. The lowest BCUT2D eigenvalue weighted by atomic mass is 9.88. The Bertz CT molecular complexity index is 1750. The third-order valence-corrected chi connectivity index (χ3v) is 10.9. The maximum absolute atomic E-state index is 14.7. The number of rotatable bonds is 10. The van der Waals surface area contributed by atoms with Gasteiger partial charge < -0.3 is 30.2 Å². The highest BCUT2D eigenvalue weighted by molar-refractivity contribution is 7.16. The number of nitrogens with one attached hydrogen (secondary N) is 2. The van der Waals surface area contributed by atoms with E-state index in [1.165, 1.54) is 23.5 Å². The largest absolute Gasteiger partial charge is 0.506 e. The van der Waals surface area contributed by atoms with Crippen LogP contribution in [0.25, 0.3) is 10.2 Å². The van der Waals surface area contributed by atoms with Crippen molar-refractivity contribution in [2.75, 3.05) is 39.5 Å². The van der Waals surface area contributed by atoms with Gasteiger partial charge in [0, 0.05) is 43.0 Å². The molecule has 4 N–H and O–H groups in total. The van der Waals surface area contributed by atoms with Crippen molar-refractivity contribution < 1.29 is 24.1 Å². The number of piperidine rings is 1. The van der Waals surface area contributed by atoms with Crippen LogP contribution in [-0.4, -0.2) is 80.9 Å². The third kappa shape index (κ3) is 7.19. The smallest absolute Gasteiger partial charge is 0.305 e. The second-order valence-corrected chi connectivity index (χ2v) is 14.5. The van der Waals surface area contributed by atoms with Crippen LogP contribution in [-0.2, 0) is 17.7 Å². The number of carbonyl (C=O) groups is 1. The standard InChI is InChI=1S/C33H40FN5O5S2/c1-20(2)30-36-25(17-45-30)31(42)39-12-3-9-33(18-39)10-13-38(19-44-33)16-21-4-6-24(34)22(14-21)8-11-35-15-27(41)23-5-7-26(40)28-29(23)46-32(43)37-28/h4-7,14,17,20,27,35,40-41H,3,8-13,15-16,18-19H2,1-2H3,(H,37,43). The second-order valence-electron chi connectivity index (χ2n) is 12.6. The average Bonchev–Trinajstić information content (AvgIpc) is 3.70. The maximum Gasteiger partial charge on any atom is 0.305 e. The fraction of sp³-hybridized carbons (Fsp3) is 0.485. The second kappa shape index (κ2) is 13.9. The lowest BCUT2D eigenvalue weighted by molar-refractivity contribution is -0.161. The van der Waals surface area contributed by atoms with Crippen molar-refractivity contribution in [3.63, 3.8) is 0 Å². The molecule has 2 saturated heterocycles. The monoisotopic (exact) mass is 669 g/mol. The van der Waals surface area contributed by atoms with E-state index in [1.54, 1.807) is 12.1 Å². The highest BCUT2D eigenvalue weighted by Gasteiger charge is 2.41. The van der Waals surface area contributed by atoms with Gasteiger partial charge in [-0.1, -0.05) is 43.4 Å². The summed E-state index contributed by atoms with van der Waals surface area (Å²) in [5.74, 6) is -0.0363. The molecule has 2 fully saturated rings. The Kier molecular flexibility index (Phi) is 9.88. The molecule has 1 amide bonds. The molecule has 0 aliphatic carbocycles. The number of aromatic amines is 1. The zero-order chi connectivity index (χ0) is 32.4. The predicted molar refractivity (Wildman–Crippen MR) is 177 cm³/mol. The molecule has 6 rings (SSSR count). The third-order valence-electron chi connectivity index (χ3n) is 8.87. The van der Waals surface area contributed by atoms with Gasteiger partial charge in [-0.15, -0.1) is 11.3 Å². The van der Waals surface area contributed by atoms with Crippen molar-refractivity contribution >= 4 is 38.8 Å². The molecule has 2 aliphatic rings. The van der Waals surface area contributed by atoms with Gasteiger partial charge in [-0.25, -0.2) is 9.37 Å². The van der Waals surface area contributed by atoms with E-state index in [1.807, 2.05) is 16.3 Å². The number of amides is 1. The number of fused-ring (bicyclic) bond motifs is 1. The van der Waals surface area contributed by atoms with Gasteiger partial charge in [0.2, 0.25) is 0 Å². The van der Waals surface area contributed by atoms with E-state index >= 15 is 0 Å². The number of thiazole rings is 2. The lowest BCUT2D eigenvalue weighted by Gasteiger charge is -2.47.